The molecule has 2 N–H and O–H groups in total. The largest absolute Gasteiger partial charge is 0.352 e. The van der Waals surface area contributed by atoms with E-state index in [0.29, 0.717) is 4.88 Å². The molecule has 0 saturated heterocycles. The van der Waals surface area contributed by atoms with Gasteiger partial charge in [0.2, 0.25) is 5.91 Å². The van der Waals surface area contributed by atoms with E-state index in [4.69, 9.17) is 5.26 Å². The minimum absolute atomic E-state index is 0.0401. The predicted octanol–water partition coefficient (Wildman–Crippen LogP) is 0.177. The maximum atomic E-state index is 11.8. The third-order valence-corrected chi connectivity index (χ3v) is 5.20. The van der Waals surface area contributed by atoms with Crippen LogP contribution in [0, 0.1) is 11.3 Å². The summed E-state index contributed by atoms with van der Waals surface area (Å²) in [6, 6.07) is 4.85. The van der Waals surface area contributed by atoms with Crippen molar-refractivity contribution in [2.75, 3.05) is 6.54 Å². The Balaban J connectivity index is 1.94. The molecule has 6 nitrogen and oxygen atoms in total. The van der Waals surface area contributed by atoms with Gasteiger partial charge in [-0.05, 0) is 25.0 Å². The van der Waals surface area contributed by atoms with Crippen molar-refractivity contribution in [3.63, 3.8) is 0 Å². The summed E-state index contributed by atoms with van der Waals surface area (Å²) < 4.78 is 25.8. The summed E-state index contributed by atoms with van der Waals surface area (Å²) in [6.07, 6.45) is 1.91. The third kappa shape index (κ3) is 3.29. The Bertz CT molecular complexity index is 596. The van der Waals surface area contributed by atoms with Crippen molar-refractivity contribution >= 4 is 27.3 Å². The van der Waals surface area contributed by atoms with E-state index in [2.05, 4.69) is 10.0 Å². The standard InChI is InChI=1S/C10H11N3O3S2/c11-5-8-3-4-10(17-8)18(15,16)12-6-9(14)13-7-1-2-7/h3-4,7,12H,1-2,6H2,(H,13,14). The van der Waals surface area contributed by atoms with Crippen LogP contribution in [0.15, 0.2) is 16.3 Å². The summed E-state index contributed by atoms with van der Waals surface area (Å²) in [4.78, 5) is 11.7. The second-order valence-corrected chi connectivity index (χ2v) is 6.97. The SMILES string of the molecule is N#Cc1ccc(S(=O)(=O)NCC(=O)NC2CC2)s1. The summed E-state index contributed by atoms with van der Waals surface area (Å²) in [6.45, 7) is -0.279. The molecule has 0 spiro atoms. The first-order chi connectivity index (χ1) is 8.51. The van der Waals surface area contributed by atoms with Crippen molar-refractivity contribution in [1.82, 2.24) is 10.0 Å². The fourth-order valence-corrected chi connectivity index (χ4v) is 3.39. The molecule has 1 fully saturated rings. The molecule has 96 valence electrons. The number of hydrogen-bond donors (Lipinski definition) is 2. The molecule has 1 aliphatic carbocycles. The molecule has 1 aromatic rings. The molecule has 0 atom stereocenters. The van der Waals surface area contributed by atoms with E-state index in [1.807, 2.05) is 6.07 Å². The lowest BCUT2D eigenvalue weighted by Gasteiger charge is -2.05. The topological polar surface area (TPSA) is 99.1 Å². The fourth-order valence-electron chi connectivity index (χ4n) is 1.26. The van der Waals surface area contributed by atoms with Gasteiger partial charge >= 0.3 is 0 Å². The fraction of sp³-hybridized carbons (Fsp3) is 0.400. The molecule has 0 unspecified atom stereocenters. The van der Waals surface area contributed by atoms with E-state index in [1.54, 1.807) is 0 Å². The molecule has 1 heterocycles. The number of rotatable bonds is 5. The smallest absolute Gasteiger partial charge is 0.250 e. The lowest BCUT2D eigenvalue weighted by molar-refractivity contribution is -0.120. The molecule has 0 aromatic carbocycles. The number of nitrogens with one attached hydrogen (secondary N) is 2. The Morgan fingerprint density at radius 2 is 2.22 bits per heavy atom. The number of carbonyl (C=O) groups excluding carboxylic acids is 1. The number of hydrogen-bond acceptors (Lipinski definition) is 5. The van der Waals surface area contributed by atoms with Gasteiger partial charge in [-0.3, -0.25) is 4.79 Å². The maximum absolute atomic E-state index is 11.8. The summed E-state index contributed by atoms with van der Waals surface area (Å²) in [7, 11) is -3.70. The zero-order valence-corrected chi connectivity index (χ0v) is 11.0. The highest BCUT2D eigenvalue weighted by molar-refractivity contribution is 7.91. The van der Waals surface area contributed by atoms with Gasteiger partial charge in [0.1, 0.15) is 15.2 Å². The zero-order chi connectivity index (χ0) is 13.2. The van der Waals surface area contributed by atoms with Crippen LogP contribution in [0.4, 0.5) is 0 Å². The van der Waals surface area contributed by atoms with Gasteiger partial charge in [0.25, 0.3) is 10.0 Å². The molecule has 0 radical (unpaired) electrons. The number of nitrogens with zero attached hydrogens (tertiary/aromatic N) is 1. The van der Waals surface area contributed by atoms with Gasteiger partial charge in [-0.1, -0.05) is 0 Å². The third-order valence-electron chi connectivity index (χ3n) is 2.32. The summed E-state index contributed by atoms with van der Waals surface area (Å²) >= 11 is 0.874. The molecule has 1 amide bonds. The van der Waals surface area contributed by atoms with Crippen molar-refractivity contribution in [1.29, 1.82) is 5.26 Å². The first kappa shape index (κ1) is 13.0. The molecule has 0 bridgehead atoms. The number of thiophene rings is 1. The lowest BCUT2D eigenvalue weighted by Crippen LogP contribution is -2.37. The van der Waals surface area contributed by atoms with Crippen LogP contribution in [0.25, 0.3) is 0 Å². The molecule has 1 saturated carbocycles. The van der Waals surface area contributed by atoms with Gasteiger partial charge in [0.05, 0.1) is 6.54 Å². The van der Waals surface area contributed by atoms with E-state index in [0.717, 1.165) is 24.2 Å². The average molecular weight is 285 g/mol. The number of amides is 1. The van der Waals surface area contributed by atoms with Gasteiger partial charge in [0, 0.05) is 6.04 Å². The Labute approximate surface area is 109 Å². The van der Waals surface area contributed by atoms with Crippen molar-refractivity contribution in [2.24, 2.45) is 0 Å². The van der Waals surface area contributed by atoms with Crippen LogP contribution < -0.4 is 10.0 Å². The Hall–Kier alpha value is -1.43. The van der Waals surface area contributed by atoms with Crippen LogP contribution in [0.5, 0.6) is 0 Å². The quantitative estimate of drug-likeness (QED) is 0.806. The first-order valence-electron chi connectivity index (χ1n) is 5.30. The molecular weight excluding hydrogens is 274 g/mol. The molecule has 1 aliphatic rings. The van der Waals surface area contributed by atoms with E-state index >= 15 is 0 Å². The highest BCUT2D eigenvalue weighted by atomic mass is 32.2. The number of nitriles is 1. The molecule has 1 aromatic heterocycles. The summed E-state index contributed by atoms with van der Waals surface area (Å²) in [5.41, 5.74) is 0. The van der Waals surface area contributed by atoms with Crippen LogP contribution in [0.1, 0.15) is 17.7 Å². The van der Waals surface area contributed by atoms with Gasteiger partial charge in [-0.2, -0.15) is 5.26 Å². The summed E-state index contributed by atoms with van der Waals surface area (Å²) in [5, 5.41) is 11.3. The van der Waals surface area contributed by atoms with E-state index in [-0.39, 0.29) is 22.7 Å². The zero-order valence-electron chi connectivity index (χ0n) is 9.34. The van der Waals surface area contributed by atoms with E-state index in [9.17, 15) is 13.2 Å². The van der Waals surface area contributed by atoms with Gasteiger partial charge in [0.15, 0.2) is 0 Å². The number of sulfonamides is 1. The van der Waals surface area contributed by atoms with Crippen molar-refractivity contribution in [3.05, 3.63) is 17.0 Å². The van der Waals surface area contributed by atoms with Crippen LogP contribution in [0.3, 0.4) is 0 Å². The van der Waals surface area contributed by atoms with Crippen molar-refractivity contribution in [3.8, 4) is 6.07 Å². The Morgan fingerprint density at radius 3 is 2.78 bits per heavy atom. The molecule has 2 rings (SSSR count). The summed E-state index contributed by atoms with van der Waals surface area (Å²) in [5.74, 6) is -0.335. The van der Waals surface area contributed by atoms with Gasteiger partial charge < -0.3 is 5.32 Å². The van der Waals surface area contributed by atoms with Crippen molar-refractivity contribution in [2.45, 2.75) is 23.1 Å². The predicted molar refractivity (Wildman–Crippen MR) is 65.4 cm³/mol. The van der Waals surface area contributed by atoms with E-state index < -0.39 is 10.0 Å². The van der Waals surface area contributed by atoms with Gasteiger partial charge in [-0.25, -0.2) is 13.1 Å². The molecule has 18 heavy (non-hydrogen) atoms. The number of carbonyl (C=O) groups is 1. The Morgan fingerprint density at radius 1 is 1.50 bits per heavy atom. The molecular formula is C10H11N3O3S2. The maximum Gasteiger partial charge on any atom is 0.250 e. The van der Waals surface area contributed by atoms with Crippen LogP contribution in [-0.4, -0.2) is 26.9 Å². The lowest BCUT2D eigenvalue weighted by atomic mass is 10.5. The second-order valence-electron chi connectivity index (χ2n) is 3.90. The second kappa shape index (κ2) is 5.06. The van der Waals surface area contributed by atoms with Crippen LogP contribution in [-0.2, 0) is 14.8 Å². The van der Waals surface area contributed by atoms with E-state index in [1.165, 1.54) is 12.1 Å². The highest BCUT2D eigenvalue weighted by Crippen LogP contribution is 2.20. The van der Waals surface area contributed by atoms with Crippen LogP contribution >= 0.6 is 11.3 Å². The minimum Gasteiger partial charge on any atom is -0.352 e. The van der Waals surface area contributed by atoms with Gasteiger partial charge in [-0.15, -0.1) is 11.3 Å². The highest BCUT2D eigenvalue weighted by Gasteiger charge is 2.24. The van der Waals surface area contributed by atoms with Crippen LogP contribution in [0.2, 0.25) is 0 Å². The monoisotopic (exact) mass is 285 g/mol. The Kier molecular flexibility index (Phi) is 3.65. The van der Waals surface area contributed by atoms with Crippen molar-refractivity contribution < 1.29 is 13.2 Å². The average Bonchev–Trinajstić information content (AvgIpc) is 2.99. The molecule has 0 aliphatic heterocycles. The normalized spacial score (nSPS) is 15.1. The first-order valence-corrected chi connectivity index (χ1v) is 7.60. The molecule has 8 heteroatoms. The minimum atomic E-state index is -3.70.